The number of carbonyl (C=O) groups is 1. The number of anilines is 1. The van der Waals surface area contributed by atoms with Crippen molar-refractivity contribution < 1.29 is 9.90 Å². The molecule has 0 aliphatic heterocycles. The normalized spacial score (nSPS) is 10.8. The molecule has 2 aromatic rings. The third kappa shape index (κ3) is 3.24. The Hall–Kier alpha value is -2.04. The number of imidazole rings is 1. The second-order valence-electron chi connectivity index (χ2n) is 4.50. The van der Waals surface area contributed by atoms with Crippen LogP contribution >= 0.6 is 0 Å². The molecular weight excluding hydrogens is 242 g/mol. The van der Waals surface area contributed by atoms with Crippen molar-refractivity contribution in [1.29, 1.82) is 0 Å². The maximum absolute atomic E-state index is 10.7. The van der Waals surface area contributed by atoms with Crippen molar-refractivity contribution in [1.82, 2.24) is 9.55 Å². The summed E-state index contributed by atoms with van der Waals surface area (Å²) in [4.78, 5) is 15.3. The average Bonchev–Trinajstić information content (AvgIpc) is 2.74. The van der Waals surface area contributed by atoms with Gasteiger partial charge in [-0.1, -0.05) is 25.5 Å². The van der Waals surface area contributed by atoms with E-state index in [1.165, 1.54) is 0 Å². The Kier molecular flexibility index (Phi) is 4.39. The number of nitrogens with one attached hydrogen (secondary N) is 1. The molecule has 0 saturated carbocycles. The minimum Gasteiger partial charge on any atom is -0.481 e. The smallest absolute Gasteiger partial charge is 0.305 e. The summed E-state index contributed by atoms with van der Waals surface area (Å²) in [5.74, 6) is -0.0341. The van der Waals surface area contributed by atoms with E-state index in [9.17, 15) is 4.79 Å². The maximum atomic E-state index is 10.7. The second-order valence-corrected chi connectivity index (χ2v) is 4.50. The molecule has 0 bridgehead atoms. The van der Waals surface area contributed by atoms with Gasteiger partial charge in [-0.05, 0) is 18.6 Å². The van der Waals surface area contributed by atoms with Crippen LogP contribution in [0.5, 0.6) is 0 Å². The third-order valence-electron chi connectivity index (χ3n) is 3.02. The molecule has 0 unspecified atom stereocenters. The van der Waals surface area contributed by atoms with Crippen LogP contribution in [0.2, 0.25) is 0 Å². The van der Waals surface area contributed by atoms with Crippen molar-refractivity contribution >= 4 is 23.0 Å². The molecule has 0 aliphatic rings. The first-order valence-corrected chi connectivity index (χ1v) is 6.63. The highest BCUT2D eigenvalue weighted by molar-refractivity contribution is 5.79. The molecule has 1 aromatic carbocycles. The lowest BCUT2D eigenvalue weighted by molar-refractivity contribution is -0.137. The molecular formula is C14H19N3O2. The van der Waals surface area contributed by atoms with E-state index in [4.69, 9.17) is 5.11 Å². The summed E-state index contributed by atoms with van der Waals surface area (Å²) >= 11 is 0. The van der Waals surface area contributed by atoms with Crippen LogP contribution in [0.1, 0.15) is 26.2 Å². The van der Waals surface area contributed by atoms with Gasteiger partial charge in [0.25, 0.3) is 0 Å². The van der Waals surface area contributed by atoms with Gasteiger partial charge in [0.2, 0.25) is 5.95 Å². The molecule has 1 heterocycles. The Bertz CT molecular complexity index is 563. The molecule has 0 fully saturated rings. The van der Waals surface area contributed by atoms with E-state index >= 15 is 0 Å². The molecule has 5 heteroatoms. The van der Waals surface area contributed by atoms with Gasteiger partial charge in [-0.25, -0.2) is 4.98 Å². The molecule has 2 N–H and O–H groups in total. The van der Waals surface area contributed by atoms with Crippen LogP contribution in [0.3, 0.4) is 0 Å². The van der Waals surface area contributed by atoms with Crippen LogP contribution < -0.4 is 5.32 Å². The van der Waals surface area contributed by atoms with Gasteiger partial charge in [0.05, 0.1) is 17.5 Å². The number of aryl methyl sites for hydroxylation is 1. The number of benzene rings is 1. The van der Waals surface area contributed by atoms with E-state index in [0.717, 1.165) is 36.4 Å². The highest BCUT2D eigenvalue weighted by atomic mass is 16.4. The minimum atomic E-state index is -0.794. The van der Waals surface area contributed by atoms with E-state index in [1.54, 1.807) is 0 Å². The lowest BCUT2D eigenvalue weighted by atomic mass is 10.3. The van der Waals surface area contributed by atoms with Gasteiger partial charge >= 0.3 is 5.97 Å². The molecule has 2 rings (SSSR count). The Balaban J connectivity index is 2.26. The van der Waals surface area contributed by atoms with Gasteiger partial charge in [0.1, 0.15) is 0 Å². The number of aliphatic carboxylic acids is 1. The Morgan fingerprint density at radius 3 is 2.95 bits per heavy atom. The van der Waals surface area contributed by atoms with Gasteiger partial charge in [-0.15, -0.1) is 0 Å². The molecule has 0 amide bonds. The highest BCUT2D eigenvalue weighted by Gasteiger charge is 2.10. The van der Waals surface area contributed by atoms with Gasteiger partial charge in [-0.3, -0.25) is 4.79 Å². The van der Waals surface area contributed by atoms with Crippen LogP contribution in [-0.4, -0.2) is 27.2 Å². The molecule has 0 spiro atoms. The summed E-state index contributed by atoms with van der Waals surface area (Å²) in [5, 5.41) is 12.1. The zero-order chi connectivity index (χ0) is 13.7. The summed E-state index contributed by atoms with van der Waals surface area (Å²) in [6, 6.07) is 7.79. The quantitative estimate of drug-likeness (QED) is 0.752. The molecule has 1 aromatic heterocycles. The van der Waals surface area contributed by atoms with Crippen molar-refractivity contribution in [3.05, 3.63) is 24.3 Å². The monoisotopic (exact) mass is 261 g/mol. The number of aromatic nitrogens is 2. The van der Waals surface area contributed by atoms with E-state index in [2.05, 4.69) is 17.2 Å². The predicted molar refractivity (Wildman–Crippen MR) is 75.4 cm³/mol. The highest BCUT2D eigenvalue weighted by Crippen LogP contribution is 2.20. The standard InChI is InChI=1S/C14H19N3O2/c1-2-3-9-15-14-16-11-6-4-5-7-12(11)17(14)10-8-13(18)19/h4-7H,2-3,8-10H2,1H3,(H,15,16)(H,18,19). The molecule has 0 atom stereocenters. The lowest BCUT2D eigenvalue weighted by Crippen LogP contribution is -2.11. The summed E-state index contributed by atoms with van der Waals surface area (Å²) < 4.78 is 1.94. The molecule has 19 heavy (non-hydrogen) atoms. The number of unbranched alkanes of at least 4 members (excludes halogenated alkanes) is 1. The fourth-order valence-electron chi connectivity index (χ4n) is 2.02. The lowest BCUT2D eigenvalue weighted by Gasteiger charge is -2.09. The number of fused-ring (bicyclic) bond motifs is 1. The van der Waals surface area contributed by atoms with Gasteiger partial charge in [-0.2, -0.15) is 0 Å². The number of hydrogen-bond acceptors (Lipinski definition) is 3. The fraction of sp³-hybridized carbons (Fsp3) is 0.429. The molecule has 0 radical (unpaired) electrons. The molecule has 0 aliphatic carbocycles. The van der Waals surface area contributed by atoms with Gasteiger partial charge < -0.3 is 15.0 Å². The topological polar surface area (TPSA) is 67.2 Å². The summed E-state index contributed by atoms with van der Waals surface area (Å²) in [6.07, 6.45) is 2.29. The summed E-state index contributed by atoms with van der Waals surface area (Å²) in [7, 11) is 0. The van der Waals surface area contributed by atoms with E-state index in [1.807, 2.05) is 28.8 Å². The van der Waals surface area contributed by atoms with Crippen molar-refractivity contribution in [2.75, 3.05) is 11.9 Å². The number of carboxylic acid groups (broad SMARTS) is 1. The first kappa shape index (κ1) is 13.4. The van der Waals surface area contributed by atoms with Crippen molar-refractivity contribution in [3.8, 4) is 0 Å². The first-order valence-electron chi connectivity index (χ1n) is 6.63. The zero-order valence-electron chi connectivity index (χ0n) is 11.1. The Labute approximate surface area is 112 Å². The van der Waals surface area contributed by atoms with E-state index < -0.39 is 5.97 Å². The largest absolute Gasteiger partial charge is 0.481 e. The maximum Gasteiger partial charge on any atom is 0.305 e. The van der Waals surface area contributed by atoms with Crippen LogP contribution in [-0.2, 0) is 11.3 Å². The minimum absolute atomic E-state index is 0.100. The number of carboxylic acids is 1. The van der Waals surface area contributed by atoms with Crippen molar-refractivity contribution in [3.63, 3.8) is 0 Å². The van der Waals surface area contributed by atoms with Crippen LogP contribution in [0.15, 0.2) is 24.3 Å². The predicted octanol–water partition coefficient (Wildman–Crippen LogP) is 2.72. The third-order valence-corrected chi connectivity index (χ3v) is 3.02. The first-order chi connectivity index (χ1) is 9.22. The fourth-order valence-corrected chi connectivity index (χ4v) is 2.02. The van der Waals surface area contributed by atoms with Crippen molar-refractivity contribution in [2.45, 2.75) is 32.7 Å². The molecule has 102 valence electrons. The van der Waals surface area contributed by atoms with E-state index in [-0.39, 0.29) is 6.42 Å². The molecule has 0 saturated heterocycles. The van der Waals surface area contributed by atoms with Crippen molar-refractivity contribution in [2.24, 2.45) is 0 Å². The zero-order valence-corrected chi connectivity index (χ0v) is 11.1. The number of rotatable bonds is 7. The van der Waals surface area contributed by atoms with Gasteiger partial charge in [0, 0.05) is 13.1 Å². The Morgan fingerprint density at radius 2 is 2.21 bits per heavy atom. The van der Waals surface area contributed by atoms with E-state index in [0.29, 0.717) is 6.54 Å². The Morgan fingerprint density at radius 1 is 1.42 bits per heavy atom. The van der Waals surface area contributed by atoms with Crippen LogP contribution in [0.4, 0.5) is 5.95 Å². The number of nitrogens with zero attached hydrogens (tertiary/aromatic N) is 2. The summed E-state index contributed by atoms with van der Waals surface area (Å²) in [5.41, 5.74) is 1.87. The number of hydrogen-bond donors (Lipinski definition) is 2. The summed E-state index contributed by atoms with van der Waals surface area (Å²) in [6.45, 7) is 3.42. The van der Waals surface area contributed by atoms with Gasteiger partial charge in [0.15, 0.2) is 0 Å². The second kappa shape index (κ2) is 6.22. The van der Waals surface area contributed by atoms with Crippen LogP contribution in [0, 0.1) is 0 Å². The molecule has 5 nitrogen and oxygen atoms in total. The average molecular weight is 261 g/mol. The number of para-hydroxylation sites is 2. The van der Waals surface area contributed by atoms with Crippen LogP contribution in [0.25, 0.3) is 11.0 Å². The SMILES string of the molecule is CCCCNc1nc2ccccc2n1CCC(=O)O.